The maximum absolute atomic E-state index is 2.30. The van der Waals surface area contributed by atoms with E-state index in [0.29, 0.717) is 0 Å². The zero-order valence-corrected chi connectivity index (χ0v) is 21.3. The topological polar surface area (TPSA) is 0 Å². The molecule has 0 spiro atoms. The Morgan fingerprint density at radius 2 is 0.533 bits per heavy atom. The minimum absolute atomic E-state index is 0.0972. The predicted molar refractivity (Wildman–Crippen MR) is 62.9 cm³/mol. The monoisotopic (exact) mass is 366 g/mol. The van der Waals surface area contributed by atoms with Crippen molar-refractivity contribution in [1.29, 1.82) is 0 Å². The van der Waals surface area contributed by atoms with Crippen LogP contribution in [0.3, 0.4) is 0 Å². The minimum atomic E-state index is 0.0972. The van der Waals surface area contributed by atoms with E-state index in [1.807, 2.05) is 0 Å². The summed E-state index contributed by atoms with van der Waals surface area (Å²) in [6.07, 6.45) is 0. The van der Waals surface area contributed by atoms with Gasteiger partial charge in [-0.1, -0.05) is 0 Å². The molecule has 0 atom stereocenters. The van der Waals surface area contributed by atoms with Crippen LogP contribution in [0.2, 0.25) is 30.1 Å². The van der Waals surface area contributed by atoms with Crippen molar-refractivity contribution < 1.29 is 51.4 Å². The Labute approximate surface area is 122 Å². The fourth-order valence-electron chi connectivity index (χ4n) is 1.06. The molecule has 0 radical (unpaired) electrons. The van der Waals surface area contributed by atoms with E-state index in [2.05, 4.69) is 41.5 Å². The molecule has 0 aromatic rings. The first-order chi connectivity index (χ1) is 7.24. The molecular weight excluding hydrogens is 340 g/mol. The molecule has 0 fully saturated rings. The third-order valence-corrected chi connectivity index (χ3v) is 11.0. The van der Waals surface area contributed by atoms with Gasteiger partial charge in [-0.3, -0.25) is 0 Å². The second-order valence-electron chi connectivity index (χ2n) is 4.06. The molecule has 0 aliphatic carbocycles. The van der Waals surface area contributed by atoms with Crippen LogP contribution in [0.25, 0.3) is 0 Å². The van der Waals surface area contributed by atoms with Crippen LogP contribution >= 0.6 is 0 Å². The Morgan fingerprint density at radius 3 is 0.533 bits per heavy atom. The van der Waals surface area contributed by atoms with Crippen molar-refractivity contribution in [2.75, 3.05) is 0 Å². The molecule has 0 unspecified atom stereocenters. The molecule has 0 heterocycles. The van der Waals surface area contributed by atoms with Crippen LogP contribution < -0.4 is 0 Å². The summed E-state index contributed by atoms with van der Waals surface area (Å²) >= 11 is 0.292. The first-order valence-corrected chi connectivity index (χ1v) is 19.8. The average molecular weight is 371 g/mol. The maximum atomic E-state index is 2.30. The summed E-state index contributed by atoms with van der Waals surface area (Å²) in [6, 6.07) is 0. The summed E-state index contributed by atoms with van der Waals surface area (Å²) < 4.78 is 0. The molecule has 0 aromatic heterocycles. The SMILES string of the molecule is C[CH2][Zn][CH2]C.C[CH2][Zn][CH2]C.C[CH2][Zn][CH2]C. The van der Waals surface area contributed by atoms with E-state index >= 15 is 0 Å². The van der Waals surface area contributed by atoms with Crippen molar-refractivity contribution in [3.8, 4) is 0 Å². The van der Waals surface area contributed by atoms with E-state index in [4.69, 9.17) is 0 Å². The van der Waals surface area contributed by atoms with Gasteiger partial charge in [0.15, 0.2) is 0 Å². The molecule has 0 aromatic carbocycles. The van der Waals surface area contributed by atoms with Crippen LogP contribution in [-0.4, -0.2) is 0 Å². The van der Waals surface area contributed by atoms with Gasteiger partial charge in [0, 0.05) is 0 Å². The summed E-state index contributed by atoms with van der Waals surface area (Å²) in [7, 11) is 0. The normalized spacial score (nSPS) is 6.80. The van der Waals surface area contributed by atoms with E-state index in [1.165, 1.54) is 30.1 Å². The van der Waals surface area contributed by atoms with E-state index < -0.39 is 0 Å². The van der Waals surface area contributed by atoms with Crippen LogP contribution in [0.4, 0.5) is 0 Å². The fourth-order valence-corrected chi connectivity index (χ4v) is 5.51. The number of hydrogen-bond donors (Lipinski definition) is 0. The standard InChI is InChI=1S/6C2H5.3Zn/c6*1-2;;;/h6*1H2,2H3;;;. The molecule has 3 heteroatoms. The third kappa shape index (κ3) is 49.3. The van der Waals surface area contributed by atoms with Gasteiger partial charge in [-0.15, -0.1) is 0 Å². The summed E-state index contributed by atoms with van der Waals surface area (Å²) in [5.41, 5.74) is 0. The van der Waals surface area contributed by atoms with E-state index in [1.54, 1.807) is 0 Å². The van der Waals surface area contributed by atoms with Crippen molar-refractivity contribution in [2.45, 2.75) is 71.6 Å². The zero-order valence-electron chi connectivity index (χ0n) is 12.4. The molecule has 84 valence electrons. The van der Waals surface area contributed by atoms with Gasteiger partial charge in [-0.25, -0.2) is 0 Å². The van der Waals surface area contributed by atoms with Gasteiger partial charge >= 0.3 is 123 Å². The molecular formula is C12H30Zn3. The van der Waals surface area contributed by atoms with Gasteiger partial charge in [-0.05, 0) is 0 Å². The van der Waals surface area contributed by atoms with Crippen molar-refractivity contribution in [2.24, 2.45) is 0 Å². The summed E-state index contributed by atoms with van der Waals surface area (Å²) in [4.78, 5) is 0. The van der Waals surface area contributed by atoms with E-state index in [9.17, 15) is 0 Å². The van der Waals surface area contributed by atoms with Crippen LogP contribution in [0, 0.1) is 0 Å². The van der Waals surface area contributed by atoms with Crippen molar-refractivity contribution in [3.05, 3.63) is 0 Å². The Hall–Kier alpha value is 1.87. The zero-order chi connectivity index (χ0) is 12.4. The molecule has 0 amide bonds. The Balaban J connectivity index is -0.000000144. The molecule has 15 heavy (non-hydrogen) atoms. The van der Waals surface area contributed by atoms with Crippen molar-refractivity contribution >= 4 is 0 Å². The summed E-state index contributed by atoms with van der Waals surface area (Å²) in [6.45, 7) is 13.8. The van der Waals surface area contributed by atoms with Gasteiger partial charge in [-0.2, -0.15) is 0 Å². The second kappa shape index (κ2) is 29.7. The van der Waals surface area contributed by atoms with Crippen LogP contribution in [0.15, 0.2) is 0 Å². The van der Waals surface area contributed by atoms with Gasteiger partial charge < -0.3 is 0 Å². The quantitative estimate of drug-likeness (QED) is 0.516. The van der Waals surface area contributed by atoms with Crippen molar-refractivity contribution in [3.63, 3.8) is 0 Å². The summed E-state index contributed by atoms with van der Waals surface area (Å²) in [5.74, 6) is 0. The Morgan fingerprint density at radius 1 is 0.400 bits per heavy atom. The van der Waals surface area contributed by atoms with E-state index in [0.717, 1.165) is 0 Å². The third-order valence-electron chi connectivity index (χ3n) is 2.12. The van der Waals surface area contributed by atoms with Gasteiger partial charge in [0.2, 0.25) is 0 Å². The number of hydrogen-bond acceptors (Lipinski definition) is 0. The molecule has 0 aliphatic heterocycles. The van der Waals surface area contributed by atoms with Crippen LogP contribution in [0.5, 0.6) is 0 Å². The second-order valence-corrected chi connectivity index (χ2v) is 21.1. The van der Waals surface area contributed by atoms with Crippen LogP contribution in [0.1, 0.15) is 41.5 Å². The Kier molecular flexibility index (Phi) is 43.7. The van der Waals surface area contributed by atoms with Crippen LogP contribution in [-0.2, 0) is 51.4 Å². The average Bonchev–Trinajstić information content (AvgIpc) is 2.23. The predicted octanol–water partition coefficient (Wildman–Crippen LogP) is 5.84. The van der Waals surface area contributed by atoms with Gasteiger partial charge in [0.25, 0.3) is 0 Å². The number of rotatable bonds is 6. The molecule has 0 N–H and O–H groups in total. The first kappa shape index (κ1) is 22.1. The van der Waals surface area contributed by atoms with Gasteiger partial charge in [0.1, 0.15) is 0 Å². The molecule has 0 saturated carbocycles. The summed E-state index contributed by atoms with van der Waals surface area (Å²) in [5, 5.41) is 9.19. The molecule has 0 rings (SSSR count). The molecule has 0 bridgehead atoms. The van der Waals surface area contributed by atoms with Gasteiger partial charge in [0.05, 0.1) is 0 Å². The molecule has 0 nitrogen and oxygen atoms in total. The first-order valence-electron chi connectivity index (χ1n) is 7.24. The Bertz CT molecular complexity index is 47.6. The molecule has 0 saturated heterocycles. The van der Waals surface area contributed by atoms with E-state index in [-0.39, 0.29) is 51.4 Å². The fraction of sp³-hybridized carbons (Fsp3) is 1.00. The molecule has 0 aliphatic rings. The van der Waals surface area contributed by atoms with Crippen molar-refractivity contribution in [1.82, 2.24) is 0 Å².